The van der Waals surface area contributed by atoms with Crippen molar-refractivity contribution in [2.24, 2.45) is 45.6 Å². The van der Waals surface area contributed by atoms with Crippen molar-refractivity contribution in [2.75, 3.05) is 13.2 Å². The summed E-state index contributed by atoms with van der Waals surface area (Å²) in [5, 5.41) is 23.5. The topological polar surface area (TPSA) is 71.3 Å². The van der Waals surface area contributed by atoms with E-state index in [1.165, 1.54) is 19.3 Å². The minimum atomic E-state index is -0.549. The highest BCUT2D eigenvalue weighted by Gasteiger charge is 2.71. The molecule has 5 aliphatic rings. The zero-order valence-electron chi connectivity index (χ0n) is 17.7. The van der Waals surface area contributed by atoms with Crippen LogP contribution in [0, 0.1) is 40.4 Å². The first-order valence-corrected chi connectivity index (χ1v) is 11.5. The SMILES string of the molecule is CC(=NO)C1CCC2C3CCC4CC(O)CCC4(C)C3CC3(OCCO3)C12C. The van der Waals surface area contributed by atoms with E-state index >= 15 is 0 Å². The van der Waals surface area contributed by atoms with E-state index in [1.54, 1.807) is 0 Å². The molecule has 0 radical (unpaired) electrons. The van der Waals surface area contributed by atoms with Gasteiger partial charge in [-0.05, 0) is 81.0 Å². The van der Waals surface area contributed by atoms with Crippen molar-refractivity contribution in [3.63, 3.8) is 0 Å². The Bertz CT molecular complexity index is 659. The van der Waals surface area contributed by atoms with Crippen molar-refractivity contribution in [1.82, 2.24) is 0 Å². The number of ether oxygens (including phenoxy) is 2. The molecule has 5 rings (SSSR count). The third-order valence-corrected chi connectivity index (χ3v) is 10.2. The summed E-state index contributed by atoms with van der Waals surface area (Å²) in [7, 11) is 0. The third kappa shape index (κ3) is 2.33. The van der Waals surface area contributed by atoms with E-state index in [-0.39, 0.29) is 22.9 Å². The molecule has 1 aliphatic heterocycles. The lowest BCUT2D eigenvalue weighted by Gasteiger charge is -2.64. The molecule has 5 fully saturated rings. The number of hydrogen-bond acceptors (Lipinski definition) is 5. The van der Waals surface area contributed by atoms with E-state index in [2.05, 4.69) is 19.0 Å². The minimum Gasteiger partial charge on any atom is -0.411 e. The molecule has 0 aromatic heterocycles. The first-order valence-electron chi connectivity index (χ1n) is 11.5. The summed E-state index contributed by atoms with van der Waals surface area (Å²) in [6.45, 7) is 8.16. The molecule has 5 heteroatoms. The highest BCUT2D eigenvalue weighted by Crippen LogP contribution is 2.71. The van der Waals surface area contributed by atoms with Crippen molar-refractivity contribution in [1.29, 1.82) is 0 Å². The third-order valence-electron chi connectivity index (χ3n) is 10.2. The van der Waals surface area contributed by atoms with E-state index in [4.69, 9.17) is 9.47 Å². The van der Waals surface area contributed by atoms with Crippen LogP contribution in [-0.4, -0.2) is 41.1 Å². The van der Waals surface area contributed by atoms with Crippen molar-refractivity contribution < 1.29 is 19.8 Å². The van der Waals surface area contributed by atoms with Crippen LogP contribution in [0.1, 0.15) is 72.1 Å². The number of rotatable bonds is 1. The molecule has 0 bridgehead atoms. The molecule has 4 aliphatic carbocycles. The second kappa shape index (κ2) is 6.42. The zero-order valence-corrected chi connectivity index (χ0v) is 17.7. The fourth-order valence-electron chi connectivity index (χ4n) is 8.80. The molecule has 0 aromatic carbocycles. The molecule has 8 atom stereocenters. The van der Waals surface area contributed by atoms with Crippen LogP contribution in [0.3, 0.4) is 0 Å². The molecule has 28 heavy (non-hydrogen) atoms. The second-order valence-electron chi connectivity index (χ2n) is 10.9. The average molecular weight is 392 g/mol. The molecule has 1 saturated heterocycles. The molecule has 0 amide bonds. The van der Waals surface area contributed by atoms with Gasteiger partial charge in [0.1, 0.15) is 0 Å². The smallest absolute Gasteiger partial charge is 0.174 e. The van der Waals surface area contributed by atoms with Crippen LogP contribution in [0.15, 0.2) is 5.16 Å². The van der Waals surface area contributed by atoms with Gasteiger partial charge in [0, 0.05) is 17.8 Å². The number of aliphatic hydroxyl groups is 1. The Morgan fingerprint density at radius 1 is 1.00 bits per heavy atom. The zero-order chi connectivity index (χ0) is 19.7. The first kappa shape index (κ1) is 19.3. The quantitative estimate of drug-likeness (QED) is 0.399. The van der Waals surface area contributed by atoms with E-state index in [9.17, 15) is 10.3 Å². The van der Waals surface area contributed by atoms with Gasteiger partial charge in [0.2, 0.25) is 0 Å². The van der Waals surface area contributed by atoms with Gasteiger partial charge in [-0.2, -0.15) is 0 Å². The van der Waals surface area contributed by atoms with Crippen LogP contribution in [-0.2, 0) is 9.47 Å². The largest absolute Gasteiger partial charge is 0.411 e. The Balaban J connectivity index is 1.57. The number of hydrogen-bond donors (Lipinski definition) is 2. The summed E-state index contributed by atoms with van der Waals surface area (Å²) < 4.78 is 13.0. The standard InChI is InChI=1S/C23H37NO4/c1-14(24-26)18-6-7-19-17-5-4-15-12-16(25)8-9-21(15,2)20(17)13-23(22(18,19)3)27-10-11-28-23/h15-20,25-26H,4-13H2,1-3H3. The van der Waals surface area contributed by atoms with E-state index in [0.29, 0.717) is 36.9 Å². The van der Waals surface area contributed by atoms with Crippen LogP contribution in [0.4, 0.5) is 0 Å². The van der Waals surface area contributed by atoms with Crippen molar-refractivity contribution >= 4 is 5.71 Å². The van der Waals surface area contributed by atoms with Crippen LogP contribution in [0.25, 0.3) is 0 Å². The predicted molar refractivity (Wildman–Crippen MR) is 106 cm³/mol. The summed E-state index contributed by atoms with van der Waals surface area (Å²) in [6, 6.07) is 0. The number of oxime groups is 1. The maximum atomic E-state index is 10.3. The maximum Gasteiger partial charge on any atom is 0.174 e. The maximum absolute atomic E-state index is 10.3. The molecule has 4 saturated carbocycles. The lowest BCUT2D eigenvalue weighted by Crippen LogP contribution is -2.65. The molecule has 8 unspecified atom stereocenters. The second-order valence-corrected chi connectivity index (χ2v) is 10.9. The van der Waals surface area contributed by atoms with Gasteiger partial charge < -0.3 is 19.8 Å². The van der Waals surface area contributed by atoms with Crippen LogP contribution in [0.5, 0.6) is 0 Å². The van der Waals surface area contributed by atoms with Crippen molar-refractivity contribution in [3.05, 3.63) is 0 Å². The molecular weight excluding hydrogens is 354 g/mol. The number of fused-ring (bicyclic) bond motifs is 6. The summed E-state index contributed by atoms with van der Waals surface area (Å²) in [4.78, 5) is 0. The fraction of sp³-hybridized carbons (Fsp3) is 0.957. The normalized spacial score (nSPS) is 52.9. The number of aliphatic hydroxyl groups excluding tert-OH is 1. The molecule has 158 valence electrons. The molecule has 1 spiro atoms. The molecule has 1 heterocycles. The summed E-state index contributed by atoms with van der Waals surface area (Å²) in [5.74, 6) is 2.14. The monoisotopic (exact) mass is 391 g/mol. The van der Waals surface area contributed by atoms with Gasteiger partial charge in [-0.3, -0.25) is 0 Å². The van der Waals surface area contributed by atoms with E-state index in [0.717, 1.165) is 37.8 Å². The summed E-state index contributed by atoms with van der Waals surface area (Å²) >= 11 is 0. The molecule has 0 aromatic rings. The lowest BCUT2D eigenvalue weighted by molar-refractivity contribution is -0.306. The molecule has 2 N–H and O–H groups in total. The van der Waals surface area contributed by atoms with Gasteiger partial charge in [0.15, 0.2) is 5.79 Å². The first-order chi connectivity index (χ1) is 13.4. The van der Waals surface area contributed by atoms with Crippen molar-refractivity contribution in [2.45, 2.75) is 84.0 Å². The van der Waals surface area contributed by atoms with Gasteiger partial charge in [-0.25, -0.2) is 0 Å². The average Bonchev–Trinajstić information content (AvgIpc) is 3.29. The van der Waals surface area contributed by atoms with Gasteiger partial charge in [0.05, 0.1) is 25.0 Å². The Morgan fingerprint density at radius 3 is 2.46 bits per heavy atom. The van der Waals surface area contributed by atoms with E-state index in [1.807, 2.05) is 6.92 Å². The highest BCUT2D eigenvalue weighted by atomic mass is 16.7. The van der Waals surface area contributed by atoms with Gasteiger partial charge in [0.25, 0.3) is 0 Å². The Hall–Kier alpha value is -0.650. The summed E-state index contributed by atoms with van der Waals surface area (Å²) in [6.07, 6.45) is 8.62. The van der Waals surface area contributed by atoms with Gasteiger partial charge >= 0.3 is 0 Å². The van der Waals surface area contributed by atoms with E-state index < -0.39 is 5.79 Å². The lowest BCUT2D eigenvalue weighted by atomic mass is 9.43. The fourth-order valence-corrected chi connectivity index (χ4v) is 8.80. The Morgan fingerprint density at radius 2 is 1.75 bits per heavy atom. The molecular formula is C23H37NO4. The van der Waals surface area contributed by atoms with Gasteiger partial charge in [-0.15, -0.1) is 0 Å². The number of nitrogens with zero attached hydrogens (tertiary/aromatic N) is 1. The Labute approximate surface area is 168 Å². The molecule has 5 nitrogen and oxygen atoms in total. The highest BCUT2D eigenvalue weighted by molar-refractivity contribution is 5.85. The van der Waals surface area contributed by atoms with Crippen molar-refractivity contribution in [3.8, 4) is 0 Å². The Kier molecular flexibility index (Phi) is 4.43. The van der Waals surface area contributed by atoms with Crippen LogP contribution >= 0.6 is 0 Å². The van der Waals surface area contributed by atoms with Gasteiger partial charge in [-0.1, -0.05) is 19.0 Å². The summed E-state index contributed by atoms with van der Waals surface area (Å²) in [5.41, 5.74) is 0.991. The predicted octanol–water partition coefficient (Wildman–Crippen LogP) is 4.21. The minimum absolute atomic E-state index is 0.115. The van der Waals surface area contributed by atoms with Crippen LogP contribution in [0.2, 0.25) is 0 Å². The van der Waals surface area contributed by atoms with Crippen LogP contribution < -0.4 is 0 Å².